The lowest BCUT2D eigenvalue weighted by Gasteiger charge is -2.22. The summed E-state index contributed by atoms with van der Waals surface area (Å²) in [4.78, 5) is 4.36. The lowest BCUT2D eigenvalue weighted by Crippen LogP contribution is -2.25. The Kier molecular flexibility index (Phi) is 8.51. The van der Waals surface area contributed by atoms with E-state index in [1.54, 1.807) is 25.3 Å². The van der Waals surface area contributed by atoms with Gasteiger partial charge in [-0.2, -0.15) is 8.42 Å². The molecule has 2 aromatic rings. The van der Waals surface area contributed by atoms with Crippen molar-refractivity contribution in [2.24, 2.45) is 0 Å². The Balaban J connectivity index is 1.49. The van der Waals surface area contributed by atoms with E-state index in [1.807, 2.05) is 19.1 Å². The van der Waals surface area contributed by atoms with Crippen LogP contribution in [0.4, 0.5) is 5.82 Å². The standard InChI is InChI=1S/C22H30N2O6S/c1-3-23-21-12-11-18(16-24-21)27-14-7-15-28-19-8-6-9-20(17(19)2)31(25,26)30-22-10-4-5-13-29-22/h6,8-9,11-12,16,22H,3-5,7,10,13-15H2,1-2H3,(H,23,24). The number of nitrogens with one attached hydrogen (secondary N) is 1. The molecule has 0 amide bonds. The average molecular weight is 451 g/mol. The molecule has 0 radical (unpaired) electrons. The van der Waals surface area contributed by atoms with E-state index in [9.17, 15) is 8.42 Å². The monoisotopic (exact) mass is 450 g/mol. The van der Waals surface area contributed by atoms with E-state index < -0.39 is 16.4 Å². The van der Waals surface area contributed by atoms with E-state index in [4.69, 9.17) is 18.4 Å². The summed E-state index contributed by atoms with van der Waals surface area (Å²) in [6.07, 6.45) is 3.97. The lowest BCUT2D eigenvalue weighted by atomic mass is 10.2. The minimum atomic E-state index is -3.93. The predicted molar refractivity (Wildman–Crippen MR) is 117 cm³/mol. The molecule has 1 aliphatic heterocycles. The lowest BCUT2D eigenvalue weighted by molar-refractivity contribution is -0.102. The SMILES string of the molecule is CCNc1ccc(OCCCOc2cccc(S(=O)(=O)OC3CCCCO3)c2C)cn1. The van der Waals surface area contributed by atoms with E-state index in [-0.39, 0.29) is 4.90 Å². The summed E-state index contributed by atoms with van der Waals surface area (Å²) < 4.78 is 47.5. The molecule has 1 saturated heterocycles. The van der Waals surface area contributed by atoms with Crippen molar-refractivity contribution < 1.29 is 26.8 Å². The van der Waals surface area contributed by atoms with Gasteiger partial charge in [-0.3, -0.25) is 0 Å². The zero-order valence-corrected chi connectivity index (χ0v) is 18.8. The Labute approximate surface area is 184 Å². The number of aromatic nitrogens is 1. The zero-order valence-electron chi connectivity index (χ0n) is 18.0. The van der Waals surface area contributed by atoms with Crippen molar-refractivity contribution in [3.8, 4) is 11.5 Å². The van der Waals surface area contributed by atoms with Crippen molar-refractivity contribution in [2.45, 2.75) is 50.7 Å². The molecule has 0 aliphatic carbocycles. The third-order valence-corrected chi connectivity index (χ3v) is 6.23. The highest BCUT2D eigenvalue weighted by Crippen LogP contribution is 2.28. The van der Waals surface area contributed by atoms with Gasteiger partial charge in [0.2, 0.25) is 0 Å². The minimum Gasteiger partial charge on any atom is -0.493 e. The van der Waals surface area contributed by atoms with Crippen LogP contribution in [0.15, 0.2) is 41.4 Å². The van der Waals surface area contributed by atoms with Crippen LogP contribution >= 0.6 is 0 Å². The summed E-state index contributed by atoms with van der Waals surface area (Å²) in [5.74, 6) is 2.00. The van der Waals surface area contributed by atoms with Crippen LogP contribution in [-0.4, -0.2) is 46.1 Å². The van der Waals surface area contributed by atoms with Crippen molar-refractivity contribution in [3.05, 3.63) is 42.1 Å². The molecule has 1 aliphatic rings. The van der Waals surface area contributed by atoms with Crippen LogP contribution in [0.3, 0.4) is 0 Å². The largest absolute Gasteiger partial charge is 0.493 e. The average Bonchev–Trinajstić information content (AvgIpc) is 2.76. The van der Waals surface area contributed by atoms with Gasteiger partial charge in [-0.25, -0.2) is 9.17 Å². The minimum absolute atomic E-state index is 0.0993. The maximum absolute atomic E-state index is 12.7. The number of anilines is 1. The summed E-state index contributed by atoms with van der Waals surface area (Å²) in [6, 6.07) is 8.64. The molecule has 170 valence electrons. The molecule has 1 atom stereocenters. The quantitative estimate of drug-likeness (QED) is 0.407. The summed E-state index contributed by atoms with van der Waals surface area (Å²) in [7, 11) is -3.93. The Hall–Kier alpha value is -2.36. The summed E-state index contributed by atoms with van der Waals surface area (Å²) in [5.41, 5.74) is 0.516. The molecule has 31 heavy (non-hydrogen) atoms. The fraction of sp³-hybridized carbons (Fsp3) is 0.500. The van der Waals surface area contributed by atoms with E-state index in [2.05, 4.69) is 10.3 Å². The van der Waals surface area contributed by atoms with Gasteiger partial charge in [0.1, 0.15) is 22.2 Å². The summed E-state index contributed by atoms with van der Waals surface area (Å²) in [5, 5.41) is 3.13. The molecular formula is C22H30N2O6S. The number of rotatable bonds is 11. The van der Waals surface area contributed by atoms with Gasteiger partial charge in [-0.05, 0) is 57.4 Å². The van der Waals surface area contributed by atoms with Crippen molar-refractivity contribution in [1.82, 2.24) is 4.98 Å². The smallest absolute Gasteiger partial charge is 0.299 e. The van der Waals surface area contributed by atoms with Crippen molar-refractivity contribution in [2.75, 3.05) is 31.7 Å². The molecule has 0 spiro atoms. The first-order valence-electron chi connectivity index (χ1n) is 10.6. The molecule has 1 unspecified atom stereocenters. The summed E-state index contributed by atoms with van der Waals surface area (Å²) >= 11 is 0. The topological polar surface area (TPSA) is 96.0 Å². The van der Waals surface area contributed by atoms with Gasteiger partial charge in [0.15, 0.2) is 6.29 Å². The Bertz CT molecular complexity index is 928. The van der Waals surface area contributed by atoms with Crippen LogP contribution in [0.5, 0.6) is 11.5 Å². The second-order valence-electron chi connectivity index (χ2n) is 7.19. The Morgan fingerprint density at radius 2 is 2.00 bits per heavy atom. The third-order valence-electron chi connectivity index (χ3n) is 4.78. The normalized spacial score (nSPS) is 16.6. The van der Waals surface area contributed by atoms with Gasteiger partial charge in [-0.15, -0.1) is 0 Å². The highest BCUT2D eigenvalue weighted by molar-refractivity contribution is 7.86. The molecule has 1 N–H and O–H groups in total. The van der Waals surface area contributed by atoms with E-state index in [1.165, 1.54) is 6.07 Å². The first kappa shape index (κ1) is 23.3. The summed E-state index contributed by atoms with van der Waals surface area (Å²) in [6.45, 7) is 5.90. The number of ether oxygens (including phenoxy) is 3. The van der Waals surface area contributed by atoms with Gasteiger partial charge in [0.05, 0.1) is 19.4 Å². The molecule has 0 bridgehead atoms. The molecular weight excluding hydrogens is 420 g/mol. The van der Waals surface area contributed by atoms with Crippen molar-refractivity contribution in [1.29, 1.82) is 0 Å². The molecule has 1 aromatic heterocycles. The van der Waals surface area contributed by atoms with Crippen LogP contribution in [0.1, 0.15) is 38.2 Å². The van der Waals surface area contributed by atoms with Crippen LogP contribution < -0.4 is 14.8 Å². The maximum Gasteiger partial charge on any atom is 0.299 e. The Morgan fingerprint density at radius 1 is 1.16 bits per heavy atom. The third kappa shape index (κ3) is 6.81. The fourth-order valence-corrected chi connectivity index (χ4v) is 4.44. The van der Waals surface area contributed by atoms with Crippen LogP contribution in [0, 0.1) is 6.92 Å². The molecule has 0 saturated carbocycles. The Morgan fingerprint density at radius 3 is 2.71 bits per heavy atom. The van der Waals surface area contributed by atoms with Gasteiger partial charge in [0, 0.05) is 25.1 Å². The van der Waals surface area contributed by atoms with Crippen molar-refractivity contribution in [3.63, 3.8) is 0 Å². The molecule has 1 fully saturated rings. The van der Waals surface area contributed by atoms with Crippen LogP contribution in [-0.2, 0) is 19.0 Å². The number of nitrogens with zero attached hydrogens (tertiary/aromatic N) is 1. The van der Waals surface area contributed by atoms with E-state index in [0.717, 1.165) is 25.2 Å². The first-order valence-corrected chi connectivity index (χ1v) is 12.0. The highest BCUT2D eigenvalue weighted by Gasteiger charge is 2.26. The molecule has 3 rings (SSSR count). The number of hydrogen-bond donors (Lipinski definition) is 1. The van der Waals surface area contributed by atoms with Gasteiger partial charge < -0.3 is 19.5 Å². The van der Waals surface area contributed by atoms with Crippen LogP contribution in [0.2, 0.25) is 0 Å². The number of pyridine rings is 1. The van der Waals surface area contributed by atoms with Crippen molar-refractivity contribution >= 4 is 15.9 Å². The maximum atomic E-state index is 12.7. The zero-order chi connectivity index (χ0) is 22.1. The van der Waals surface area contributed by atoms with E-state index >= 15 is 0 Å². The molecule has 1 aromatic carbocycles. The van der Waals surface area contributed by atoms with Gasteiger partial charge >= 0.3 is 0 Å². The van der Waals surface area contributed by atoms with Gasteiger partial charge in [0.25, 0.3) is 10.1 Å². The number of benzene rings is 1. The highest BCUT2D eigenvalue weighted by atomic mass is 32.2. The van der Waals surface area contributed by atoms with E-state index in [0.29, 0.717) is 49.7 Å². The molecule has 2 heterocycles. The number of hydrogen-bond acceptors (Lipinski definition) is 8. The molecule has 8 nitrogen and oxygen atoms in total. The van der Waals surface area contributed by atoms with Crippen LogP contribution in [0.25, 0.3) is 0 Å². The van der Waals surface area contributed by atoms with Gasteiger partial charge in [-0.1, -0.05) is 6.07 Å². The second-order valence-corrected chi connectivity index (χ2v) is 8.73. The predicted octanol–water partition coefficient (Wildman–Crippen LogP) is 3.90. The molecule has 9 heteroatoms. The fourth-order valence-electron chi connectivity index (χ4n) is 3.18. The first-order chi connectivity index (χ1) is 15.0. The second kappa shape index (κ2) is 11.3.